The fourth-order valence-electron chi connectivity index (χ4n) is 3.81. The molecule has 2 heterocycles. The third-order valence-corrected chi connectivity index (χ3v) is 5.65. The first-order valence-corrected chi connectivity index (χ1v) is 9.81. The molecule has 0 amide bonds. The Hall–Kier alpha value is -2.34. The summed E-state index contributed by atoms with van der Waals surface area (Å²) < 4.78 is 5.23. The van der Waals surface area contributed by atoms with Gasteiger partial charge in [0.1, 0.15) is 5.82 Å². The molecule has 28 heavy (non-hydrogen) atoms. The van der Waals surface area contributed by atoms with E-state index in [1.54, 1.807) is 12.3 Å². The van der Waals surface area contributed by atoms with Crippen LogP contribution in [0.25, 0.3) is 0 Å². The van der Waals surface area contributed by atoms with Crippen molar-refractivity contribution in [2.75, 3.05) is 10.6 Å². The SMILES string of the molecule is Cc1cnc(Nc2cc(Cl)c3c(c2)COB3O)nc1NC1CCCC[C@H]1C#N. The fourth-order valence-corrected chi connectivity index (χ4v) is 4.14. The summed E-state index contributed by atoms with van der Waals surface area (Å²) in [7, 11) is -0.980. The van der Waals surface area contributed by atoms with Crippen molar-refractivity contribution in [3.8, 4) is 6.07 Å². The van der Waals surface area contributed by atoms with E-state index in [4.69, 9.17) is 16.3 Å². The van der Waals surface area contributed by atoms with Crippen LogP contribution < -0.4 is 16.1 Å². The predicted octanol–water partition coefficient (Wildman–Crippen LogP) is 2.89. The van der Waals surface area contributed by atoms with E-state index in [1.807, 2.05) is 13.0 Å². The highest BCUT2D eigenvalue weighted by atomic mass is 35.5. The van der Waals surface area contributed by atoms with Crippen LogP contribution in [0, 0.1) is 24.2 Å². The summed E-state index contributed by atoms with van der Waals surface area (Å²) in [6.45, 7) is 2.26. The third kappa shape index (κ3) is 3.79. The lowest BCUT2D eigenvalue weighted by atomic mass is 9.79. The Balaban J connectivity index is 1.55. The first kappa shape index (κ1) is 19.0. The van der Waals surface area contributed by atoms with Crippen molar-refractivity contribution in [2.45, 2.75) is 45.3 Å². The predicted molar refractivity (Wildman–Crippen MR) is 109 cm³/mol. The van der Waals surface area contributed by atoms with E-state index in [0.29, 0.717) is 23.0 Å². The zero-order valence-electron chi connectivity index (χ0n) is 15.6. The zero-order chi connectivity index (χ0) is 19.7. The van der Waals surface area contributed by atoms with Crippen LogP contribution in [-0.4, -0.2) is 28.2 Å². The molecule has 0 saturated heterocycles. The van der Waals surface area contributed by atoms with Gasteiger partial charge in [0.25, 0.3) is 0 Å². The summed E-state index contributed by atoms with van der Waals surface area (Å²) in [5, 5.41) is 26.3. The molecule has 1 saturated carbocycles. The smallest absolute Gasteiger partial charge is 0.423 e. The fraction of sp³-hybridized carbons (Fsp3) is 0.421. The second-order valence-electron chi connectivity index (χ2n) is 7.32. The van der Waals surface area contributed by atoms with Gasteiger partial charge in [0.05, 0.1) is 18.6 Å². The van der Waals surface area contributed by atoms with E-state index in [2.05, 4.69) is 26.7 Å². The van der Waals surface area contributed by atoms with Crippen LogP contribution in [0.4, 0.5) is 17.5 Å². The number of rotatable bonds is 4. The number of nitrogens with zero attached hydrogens (tertiary/aromatic N) is 3. The van der Waals surface area contributed by atoms with Gasteiger partial charge in [-0.2, -0.15) is 10.2 Å². The quantitative estimate of drug-likeness (QED) is 0.682. The standard InChI is InChI=1S/C19H21BClN5O2/c1-11-9-23-19(26-18(11)25-16-5-3-2-4-12(16)8-22)24-14-6-13-10-28-20(27)17(13)15(21)7-14/h6-7,9,12,16,27H,2-5,10H2,1H3,(H2,23,24,25,26)/t12-,16?/m0/s1. The lowest BCUT2D eigenvalue weighted by molar-refractivity contribution is 0.275. The van der Waals surface area contributed by atoms with E-state index < -0.39 is 7.12 Å². The summed E-state index contributed by atoms with van der Waals surface area (Å²) in [6, 6.07) is 6.12. The molecule has 1 aromatic heterocycles. The zero-order valence-corrected chi connectivity index (χ0v) is 16.3. The molecule has 1 unspecified atom stereocenters. The molecule has 2 aliphatic rings. The van der Waals surface area contributed by atoms with Crippen LogP contribution in [-0.2, 0) is 11.3 Å². The molecule has 0 radical (unpaired) electrons. The molecule has 2 atom stereocenters. The maximum absolute atomic E-state index is 9.82. The minimum atomic E-state index is -0.980. The molecule has 1 fully saturated rings. The molecule has 0 spiro atoms. The van der Waals surface area contributed by atoms with Crippen molar-refractivity contribution in [1.29, 1.82) is 5.26 Å². The minimum Gasteiger partial charge on any atom is -0.423 e. The third-order valence-electron chi connectivity index (χ3n) is 5.34. The number of aromatic nitrogens is 2. The first-order chi connectivity index (χ1) is 13.5. The Bertz CT molecular complexity index is 935. The lowest BCUT2D eigenvalue weighted by Gasteiger charge is -2.28. The Morgan fingerprint density at radius 3 is 3.00 bits per heavy atom. The molecule has 1 aliphatic carbocycles. The number of hydrogen-bond donors (Lipinski definition) is 3. The van der Waals surface area contributed by atoms with Gasteiger partial charge < -0.3 is 20.3 Å². The average molecular weight is 398 g/mol. The van der Waals surface area contributed by atoms with Gasteiger partial charge in [-0.1, -0.05) is 24.4 Å². The second kappa shape index (κ2) is 7.96. The summed E-state index contributed by atoms with van der Waals surface area (Å²) >= 11 is 6.29. The summed E-state index contributed by atoms with van der Waals surface area (Å²) in [5.74, 6) is 1.17. The molecular formula is C19H21BClN5O2. The number of fused-ring (bicyclic) bond motifs is 1. The van der Waals surface area contributed by atoms with Crippen molar-refractivity contribution >= 4 is 41.6 Å². The van der Waals surface area contributed by atoms with Crippen molar-refractivity contribution in [1.82, 2.24) is 9.97 Å². The number of aryl methyl sites for hydroxylation is 1. The van der Waals surface area contributed by atoms with Gasteiger partial charge in [0.15, 0.2) is 0 Å². The van der Waals surface area contributed by atoms with Crippen LogP contribution in [0.2, 0.25) is 5.02 Å². The normalized spacial score (nSPS) is 21.1. The Morgan fingerprint density at radius 2 is 2.18 bits per heavy atom. The van der Waals surface area contributed by atoms with Gasteiger partial charge in [-0.15, -0.1) is 0 Å². The van der Waals surface area contributed by atoms with E-state index in [9.17, 15) is 10.3 Å². The largest absolute Gasteiger partial charge is 0.493 e. The second-order valence-corrected chi connectivity index (χ2v) is 7.72. The molecule has 144 valence electrons. The molecule has 1 aliphatic heterocycles. The number of hydrogen-bond acceptors (Lipinski definition) is 7. The number of benzene rings is 1. The number of nitriles is 1. The van der Waals surface area contributed by atoms with Gasteiger partial charge >= 0.3 is 7.12 Å². The molecule has 3 N–H and O–H groups in total. The Labute approximate surface area is 169 Å². The topological polar surface area (TPSA) is 103 Å². The van der Waals surface area contributed by atoms with Crippen LogP contribution in [0.15, 0.2) is 18.3 Å². The van der Waals surface area contributed by atoms with E-state index in [0.717, 1.165) is 48.3 Å². The maximum atomic E-state index is 9.82. The summed E-state index contributed by atoms with van der Waals surface area (Å²) in [6.07, 6.45) is 5.86. The molecule has 4 rings (SSSR count). The summed E-state index contributed by atoms with van der Waals surface area (Å²) in [4.78, 5) is 8.96. The number of halogens is 1. The van der Waals surface area contributed by atoms with Crippen LogP contribution in [0.3, 0.4) is 0 Å². The van der Waals surface area contributed by atoms with Gasteiger partial charge in [-0.05, 0) is 37.5 Å². The average Bonchev–Trinajstić information content (AvgIpc) is 3.06. The molecule has 7 nitrogen and oxygen atoms in total. The molecule has 9 heteroatoms. The highest BCUT2D eigenvalue weighted by Crippen LogP contribution is 2.28. The lowest BCUT2D eigenvalue weighted by Crippen LogP contribution is -2.32. The van der Waals surface area contributed by atoms with Crippen LogP contribution >= 0.6 is 11.6 Å². The van der Waals surface area contributed by atoms with Gasteiger partial charge in [0, 0.05) is 34.0 Å². The molecule has 0 bridgehead atoms. The van der Waals surface area contributed by atoms with E-state index in [-0.39, 0.29) is 12.0 Å². The highest BCUT2D eigenvalue weighted by Gasteiger charge is 2.30. The summed E-state index contributed by atoms with van der Waals surface area (Å²) in [5.41, 5.74) is 3.10. The van der Waals surface area contributed by atoms with Crippen molar-refractivity contribution in [3.05, 3.63) is 34.5 Å². The molecule has 1 aromatic carbocycles. The van der Waals surface area contributed by atoms with Gasteiger partial charge in [-0.3, -0.25) is 0 Å². The van der Waals surface area contributed by atoms with Crippen LogP contribution in [0.1, 0.15) is 36.8 Å². The van der Waals surface area contributed by atoms with Crippen molar-refractivity contribution in [3.63, 3.8) is 0 Å². The number of anilines is 3. The maximum Gasteiger partial charge on any atom is 0.493 e. The number of nitrogens with one attached hydrogen (secondary N) is 2. The highest BCUT2D eigenvalue weighted by molar-refractivity contribution is 6.65. The van der Waals surface area contributed by atoms with Crippen molar-refractivity contribution < 1.29 is 9.68 Å². The Morgan fingerprint density at radius 1 is 1.36 bits per heavy atom. The Kier molecular flexibility index (Phi) is 5.40. The molecule has 2 aromatic rings. The van der Waals surface area contributed by atoms with Crippen molar-refractivity contribution in [2.24, 2.45) is 5.92 Å². The van der Waals surface area contributed by atoms with E-state index in [1.165, 1.54) is 0 Å². The van der Waals surface area contributed by atoms with Gasteiger partial charge in [0.2, 0.25) is 5.95 Å². The molecular weight excluding hydrogens is 377 g/mol. The first-order valence-electron chi connectivity index (χ1n) is 9.44. The minimum absolute atomic E-state index is 0.00136. The van der Waals surface area contributed by atoms with Gasteiger partial charge in [-0.25, -0.2) is 4.98 Å². The van der Waals surface area contributed by atoms with E-state index >= 15 is 0 Å². The monoisotopic (exact) mass is 397 g/mol. The van der Waals surface area contributed by atoms with Crippen LogP contribution in [0.5, 0.6) is 0 Å².